The summed E-state index contributed by atoms with van der Waals surface area (Å²) in [6, 6.07) is 17.2. The Morgan fingerprint density at radius 2 is 1.51 bits per heavy atom. The van der Waals surface area contributed by atoms with E-state index in [9.17, 15) is 37.1 Å². The van der Waals surface area contributed by atoms with Gasteiger partial charge in [0.05, 0.1) is 6.04 Å². The fraction of sp³-hybridized carbons (Fsp3) is 0.417. The third kappa shape index (κ3) is 10.8. The maximum Gasteiger partial charge on any atom is 0.452 e. The summed E-state index contributed by atoms with van der Waals surface area (Å²) >= 11 is 0. The van der Waals surface area contributed by atoms with Crippen LogP contribution in [0.1, 0.15) is 50.7 Å². The molecular weight excluding hydrogens is 641 g/mol. The summed E-state index contributed by atoms with van der Waals surface area (Å²) in [5.74, 6) is -5.59. The van der Waals surface area contributed by atoms with Crippen molar-refractivity contribution in [2.45, 2.75) is 76.9 Å². The van der Waals surface area contributed by atoms with Gasteiger partial charge < -0.3 is 26.0 Å². The van der Waals surface area contributed by atoms with Gasteiger partial charge in [0.2, 0.25) is 17.7 Å². The van der Waals surface area contributed by atoms with Gasteiger partial charge in [-0.3, -0.25) is 19.2 Å². The Balaban J connectivity index is 1.56. The molecule has 0 saturated carbocycles. The number of halogens is 3. The summed E-state index contributed by atoms with van der Waals surface area (Å²) in [6.07, 6.45) is -5.93. The molecule has 3 aromatic carbocycles. The van der Waals surface area contributed by atoms with Crippen LogP contribution in [0.5, 0.6) is 0 Å². The lowest BCUT2D eigenvalue weighted by atomic mass is 9.89. The lowest BCUT2D eigenvalue weighted by molar-refractivity contribution is -0.174. The molecule has 3 aromatic rings. The molecule has 1 saturated heterocycles. The Morgan fingerprint density at radius 1 is 0.857 bits per heavy atom. The van der Waals surface area contributed by atoms with Gasteiger partial charge in [-0.25, -0.2) is 4.79 Å². The predicted molar refractivity (Wildman–Crippen MR) is 176 cm³/mol. The number of ether oxygens (including phenoxy) is 1. The van der Waals surface area contributed by atoms with Gasteiger partial charge in [-0.15, -0.1) is 0 Å². The first-order chi connectivity index (χ1) is 23.3. The molecule has 4 amide bonds. The fourth-order valence-corrected chi connectivity index (χ4v) is 5.83. The molecule has 1 heterocycles. The summed E-state index contributed by atoms with van der Waals surface area (Å²) in [4.78, 5) is 65.1. The molecular formula is C36H41F3N4O6. The average Bonchev–Trinajstić information content (AvgIpc) is 3.07. The smallest absolute Gasteiger partial charge is 0.445 e. The second kappa shape index (κ2) is 16.9. The zero-order valence-corrected chi connectivity index (χ0v) is 27.3. The number of fused-ring (bicyclic) bond motifs is 1. The topological polar surface area (TPSA) is 143 Å². The molecule has 0 unspecified atom stereocenters. The second-order valence-corrected chi connectivity index (χ2v) is 12.6. The minimum Gasteiger partial charge on any atom is -0.445 e. The van der Waals surface area contributed by atoms with E-state index >= 15 is 0 Å². The van der Waals surface area contributed by atoms with Gasteiger partial charge in [-0.05, 0) is 53.5 Å². The molecule has 4 N–H and O–H groups in total. The highest BCUT2D eigenvalue weighted by Gasteiger charge is 2.46. The largest absolute Gasteiger partial charge is 0.452 e. The van der Waals surface area contributed by atoms with Crippen LogP contribution >= 0.6 is 0 Å². The molecule has 0 radical (unpaired) electrons. The van der Waals surface area contributed by atoms with Crippen LogP contribution in [0.2, 0.25) is 0 Å². The summed E-state index contributed by atoms with van der Waals surface area (Å²) in [5.41, 5.74) is 1.43. The van der Waals surface area contributed by atoms with Crippen molar-refractivity contribution in [1.29, 1.82) is 0 Å². The number of rotatable bonds is 14. The first-order valence-corrected chi connectivity index (χ1v) is 16.2. The van der Waals surface area contributed by atoms with E-state index in [1.165, 1.54) is 0 Å². The normalized spacial score (nSPS) is 16.6. The molecule has 10 nitrogen and oxygen atoms in total. The van der Waals surface area contributed by atoms with Gasteiger partial charge in [0.25, 0.3) is 5.78 Å². The lowest BCUT2D eigenvalue weighted by Crippen LogP contribution is -2.58. The zero-order chi connectivity index (χ0) is 35.6. The van der Waals surface area contributed by atoms with E-state index in [2.05, 4.69) is 21.3 Å². The summed E-state index contributed by atoms with van der Waals surface area (Å²) in [5, 5.41) is 11.7. The zero-order valence-electron chi connectivity index (χ0n) is 27.3. The van der Waals surface area contributed by atoms with E-state index in [1.54, 1.807) is 50.2 Å². The van der Waals surface area contributed by atoms with Crippen molar-refractivity contribution in [1.82, 2.24) is 21.3 Å². The second-order valence-electron chi connectivity index (χ2n) is 12.6. The quantitative estimate of drug-likeness (QED) is 0.194. The van der Waals surface area contributed by atoms with E-state index < -0.39 is 66.2 Å². The number of hydrogen-bond donors (Lipinski definition) is 4. The van der Waals surface area contributed by atoms with Crippen LogP contribution in [0.4, 0.5) is 18.0 Å². The van der Waals surface area contributed by atoms with Gasteiger partial charge in [0.15, 0.2) is 0 Å². The van der Waals surface area contributed by atoms with Crippen molar-refractivity contribution < 1.29 is 41.9 Å². The highest BCUT2D eigenvalue weighted by Crippen LogP contribution is 2.25. The molecule has 0 bridgehead atoms. The van der Waals surface area contributed by atoms with Crippen LogP contribution in [0.25, 0.3) is 10.8 Å². The Hall–Kier alpha value is -4.94. The average molecular weight is 683 g/mol. The Kier molecular flexibility index (Phi) is 12.8. The summed E-state index contributed by atoms with van der Waals surface area (Å²) in [7, 11) is 0. The maximum absolute atomic E-state index is 13.9. The van der Waals surface area contributed by atoms with E-state index in [0.29, 0.717) is 18.5 Å². The first-order valence-electron chi connectivity index (χ1n) is 16.2. The van der Waals surface area contributed by atoms with Crippen LogP contribution in [-0.4, -0.2) is 60.4 Å². The molecule has 0 aromatic heterocycles. The number of alkyl halides is 3. The number of hydrogen-bond acceptors (Lipinski definition) is 6. The van der Waals surface area contributed by atoms with Gasteiger partial charge in [-0.2, -0.15) is 13.2 Å². The van der Waals surface area contributed by atoms with Crippen LogP contribution < -0.4 is 21.3 Å². The van der Waals surface area contributed by atoms with Crippen molar-refractivity contribution in [2.75, 3.05) is 6.54 Å². The number of amides is 4. The number of carbonyl (C=O) groups is 5. The van der Waals surface area contributed by atoms with Crippen molar-refractivity contribution in [3.63, 3.8) is 0 Å². The number of carbonyl (C=O) groups excluding carboxylic acids is 5. The van der Waals surface area contributed by atoms with Crippen LogP contribution in [0.3, 0.4) is 0 Å². The fourth-order valence-electron chi connectivity index (χ4n) is 5.83. The van der Waals surface area contributed by atoms with E-state index in [4.69, 9.17) is 4.74 Å². The standard InChI is InChI=1S/C36H41F3N4O6/c1-22(2)18-29(33(46)41-28(31(44)36(37,38)39)20-26-15-9-17-40-32(26)45)42-34(47)30(43-35(48)49-21-23-10-4-3-5-11-23)19-25-14-8-13-24-12-6-7-16-27(24)25/h3-8,10-14,16,22,26,28-30H,9,15,17-21H2,1-2H3,(H,40,45)(H,41,46)(H,42,47)(H,43,48)/t26-,28-,29-,30-/m0/s1. The van der Waals surface area contributed by atoms with Crippen LogP contribution in [-0.2, 0) is 36.9 Å². The first kappa shape index (κ1) is 36.9. The molecule has 0 aliphatic carbocycles. The highest BCUT2D eigenvalue weighted by atomic mass is 19.4. The Morgan fingerprint density at radius 3 is 2.20 bits per heavy atom. The molecule has 1 aliphatic heterocycles. The molecule has 1 aliphatic rings. The van der Waals surface area contributed by atoms with Crippen molar-refractivity contribution in [3.8, 4) is 0 Å². The molecule has 0 spiro atoms. The monoisotopic (exact) mass is 682 g/mol. The van der Waals surface area contributed by atoms with Crippen molar-refractivity contribution >= 4 is 40.4 Å². The molecule has 262 valence electrons. The molecule has 13 heteroatoms. The predicted octanol–water partition coefficient (Wildman–Crippen LogP) is 4.74. The number of piperidine rings is 1. The van der Waals surface area contributed by atoms with Crippen molar-refractivity contribution in [2.24, 2.45) is 11.8 Å². The van der Waals surface area contributed by atoms with Crippen LogP contribution in [0.15, 0.2) is 72.8 Å². The Bertz CT molecular complexity index is 1630. The minimum absolute atomic E-state index is 0.00435. The maximum atomic E-state index is 13.9. The summed E-state index contributed by atoms with van der Waals surface area (Å²) < 4.78 is 46.2. The number of ketones is 1. The molecule has 4 rings (SSSR count). The number of alkyl carbamates (subject to hydrolysis) is 1. The van der Waals surface area contributed by atoms with E-state index in [-0.39, 0.29) is 31.8 Å². The lowest BCUT2D eigenvalue weighted by Gasteiger charge is -2.29. The van der Waals surface area contributed by atoms with Gasteiger partial charge in [0, 0.05) is 18.9 Å². The third-order valence-electron chi connectivity index (χ3n) is 8.30. The van der Waals surface area contributed by atoms with E-state index in [1.807, 2.05) is 36.4 Å². The molecule has 49 heavy (non-hydrogen) atoms. The summed E-state index contributed by atoms with van der Waals surface area (Å²) in [6.45, 7) is 3.81. The van der Waals surface area contributed by atoms with Crippen LogP contribution in [0, 0.1) is 11.8 Å². The third-order valence-corrected chi connectivity index (χ3v) is 8.30. The number of benzene rings is 3. The highest BCUT2D eigenvalue weighted by molar-refractivity contribution is 5.96. The van der Waals surface area contributed by atoms with Gasteiger partial charge in [-0.1, -0.05) is 86.6 Å². The van der Waals surface area contributed by atoms with Crippen molar-refractivity contribution in [3.05, 3.63) is 83.9 Å². The minimum atomic E-state index is -5.27. The number of Topliss-reactive ketones (excluding diaryl/α,β-unsaturated/α-hetero) is 1. The number of nitrogens with one attached hydrogen (secondary N) is 4. The molecule has 1 fully saturated rings. The SMILES string of the molecule is CC(C)C[C@H](NC(=O)[C@H](Cc1cccc2ccccc12)NC(=O)OCc1ccccc1)C(=O)N[C@@H](C[C@@H]1CCCNC1=O)C(=O)C(F)(F)F. The van der Waals surface area contributed by atoms with E-state index in [0.717, 1.165) is 16.3 Å². The van der Waals surface area contributed by atoms with Gasteiger partial charge in [0.1, 0.15) is 18.7 Å². The Labute approximate surface area is 282 Å². The molecule has 4 atom stereocenters. The van der Waals surface area contributed by atoms with Gasteiger partial charge >= 0.3 is 12.3 Å².